The summed E-state index contributed by atoms with van der Waals surface area (Å²) in [7, 11) is 0. The monoisotopic (exact) mass is 166 g/mol. The molecule has 2 aliphatic carbocycles. The highest BCUT2D eigenvalue weighted by Gasteiger charge is 2.64. The second kappa shape index (κ2) is 2.08. The Hall–Kier alpha value is 0. The Kier molecular flexibility index (Phi) is 1.49. The van der Waals surface area contributed by atoms with Crippen LogP contribution in [0.5, 0.6) is 0 Å². The molecule has 0 spiro atoms. The Morgan fingerprint density at radius 2 is 1.67 bits per heavy atom. The number of hydrogen-bond donors (Lipinski definition) is 0. The molecule has 0 nitrogen and oxygen atoms in total. The van der Waals surface area contributed by atoms with Crippen LogP contribution in [0.1, 0.15) is 47.5 Å². The second-order valence-electron chi connectivity index (χ2n) is 6.08. The lowest BCUT2D eigenvalue weighted by Gasteiger charge is -2.63. The number of fused-ring (bicyclic) bond motifs is 1. The molecular formula is C12H22. The van der Waals surface area contributed by atoms with Crippen LogP contribution < -0.4 is 0 Å². The molecule has 0 radical (unpaired) electrons. The molecule has 0 bridgehead atoms. The topological polar surface area (TPSA) is 0 Å². The summed E-state index contributed by atoms with van der Waals surface area (Å²) >= 11 is 0. The minimum absolute atomic E-state index is 0.600. The van der Waals surface area contributed by atoms with Gasteiger partial charge in [-0.25, -0.2) is 0 Å². The van der Waals surface area contributed by atoms with Crippen LogP contribution in [0.25, 0.3) is 0 Å². The summed E-state index contributed by atoms with van der Waals surface area (Å²) in [5.41, 5.74) is 1.27. The third-order valence-corrected chi connectivity index (χ3v) is 5.46. The molecule has 70 valence electrons. The fourth-order valence-corrected chi connectivity index (χ4v) is 4.08. The standard InChI is InChI=1S/C12H22/c1-8-6-10-9(2)11(3,4)12(10,5)7-8/h8-10H,6-7H2,1-5H3. The van der Waals surface area contributed by atoms with E-state index in [1.807, 2.05) is 0 Å². The van der Waals surface area contributed by atoms with Gasteiger partial charge >= 0.3 is 0 Å². The maximum Gasteiger partial charge on any atom is -0.0238 e. The molecule has 0 N–H and O–H groups in total. The van der Waals surface area contributed by atoms with Gasteiger partial charge in [-0.15, -0.1) is 0 Å². The molecule has 4 unspecified atom stereocenters. The molecule has 2 rings (SSSR count). The van der Waals surface area contributed by atoms with E-state index < -0.39 is 0 Å². The fourth-order valence-electron chi connectivity index (χ4n) is 4.08. The molecule has 0 aromatic heterocycles. The van der Waals surface area contributed by atoms with Crippen molar-refractivity contribution < 1.29 is 0 Å². The highest BCUT2D eigenvalue weighted by Crippen LogP contribution is 2.71. The van der Waals surface area contributed by atoms with Gasteiger partial charge in [0.1, 0.15) is 0 Å². The Bertz CT molecular complexity index is 204. The maximum atomic E-state index is 2.52. The fraction of sp³-hybridized carbons (Fsp3) is 1.00. The quantitative estimate of drug-likeness (QED) is 0.514. The van der Waals surface area contributed by atoms with Gasteiger partial charge in [-0.1, -0.05) is 34.6 Å². The van der Waals surface area contributed by atoms with Crippen molar-refractivity contribution in [1.82, 2.24) is 0 Å². The van der Waals surface area contributed by atoms with E-state index in [1.54, 1.807) is 0 Å². The number of rotatable bonds is 0. The van der Waals surface area contributed by atoms with Crippen LogP contribution in [-0.4, -0.2) is 0 Å². The molecule has 0 amide bonds. The molecule has 4 atom stereocenters. The zero-order valence-electron chi connectivity index (χ0n) is 9.15. The van der Waals surface area contributed by atoms with Crippen molar-refractivity contribution >= 4 is 0 Å². The lowest BCUT2D eigenvalue weighted by atomic mass is 9.42. The van der Waals surface area contributed by atoms with Crippen molar-refractivity contribution in [2.24, 2.45) is 28.6 Å². The Morgan fingerprint density at radius 3 is 2.17 bits per heavy atom. The summed E-state index contributed by atoms with van der Waals surface area (Å²) < 4.78 is 0. The Balaban J connectivity index is 2.27. The molecule has 2 fully saturated rings. The molecule has 0 heteroatoms. The van der Waals surface area contributed by atoms with E-state index in [9.17, 15) is 0 Å². The first-order valence-corrected chi connectivity index (χ1v) is 5.39. The second-order valence-corrected chi connectivity index (χ2v) is 6.08. The van der Waals surface area contributed by atoms with E-state index in [0.717, 1.165) is 17.8 Å². The van der Waals surface area contributed by atoms with Crippen LogP contribution in [0, 0.1) is 28.6 Å². The van der Waals surface area contributed by atoms with Crippen LogP contribution >= 0.6 is 0 Å². The third-order valence-electron chi connectivity index (χ3n) is 5.46. The molecule has 0 saturated heterocycles. The summed E-state index contributed by atoms with van der Waals surface area (Å²) in [6.45, 7) is 12.3. The molecule has 2 aliphatic rings. The van der Waals surface area contributed by atoms with Gasteiger partial charge in [0.25, 0.3) is 0 Å². The molecule has 0 aromatic rings. The Labute approximate surface area is 76.7 Å². The van der Waals surface area contributed by atoms with E-state index in [0.29, 0.717) is 10.8 Å². The first-order chi connectivity index (χ1) is 5.39. The van der Waals surface area contributed by atoms with Gasteiger partial charge in [0.15, 0.2) is 0 Å². The first-order valence-electron chi connectivity index (χ1n) is 5.39. The van der Waals surface area contributed by atoms with E-state index in [2.05, 4.69) is 34.6 Å². The zero-order chi connectivity index (χ0) is 9.15. The summed E-state index contributed by atoms with van der Waals surface area (Å²) in [5, 5.41) is 0. The van der Waals surface area contributed by atoms with Crippen LogP contribution in [-0.2, 0) is 0 Å². The largest absolute Gasteiger partial charge is 0.0625 e. The van der Waals surface area contributed by atoms with Crippen LogP contribution in [0.2, 0.25) is 0 Å². The first kappa shape index (κ1) is 8.59. The van der Waals surface area contributed by atoms with Crippen molar-refractivity contribution in [3.05, 3.63) is 0 Å². The minimum atomic E-state index is 0.600. The van der Waals surface area contributed by atoms with Gasteiger partial charge in [0.2, 0.25) is 0 Å². The molecule has 12 heavy (non-hydrogen) atoms. The van der Waals surface area contributed by atoms with Crippen molar-refractivity contribution in [3.63, 3.8) is 0 Å². The smallest absolute Gasteiger partial charge is 0.0238 e. The molecule has 0 heterocycles. The van der Waals surface area contributed by atoms with Gasteiger partial charge in [0, 0.05) is 0 Å². The SMILES string of the molecule is CC1CC2C(C)C(C)(C)C2(C)C1. The molecule has 0 aliphatic heterocycles. The van der Waals surface area contributed by atoms with Gasteiger partial charge in [-0.3, -0.25) is 0 Å². The van der Waals surface area contributed by atoms with Crippen LogP contribution in [0.4, 0.5) is 0 Å². The third kappa shape index (κ3) is 0.701. The van der Waals surface area contributed by atoms with E-state index in [-0.39, 0.29) is 0 Å². The van der Waals surface area contributed by atoms with E-state index >= 15 is 0 Å². The van der Waals surface area contributed by atoms with Gasteiger partial charge < -0.3 is 0 Å². The molecular weight excluding hydrogens is 144 g/mol. The lowest BCUT2D eigenvalue weighted by Crippen LogP contribution is -2.57. The predicted molar refractivity (Wildman–Crippen MR) is 52.9 cm³/mol. The highest BCUT2D eigenvalue weighted by molar-refractivity contribution is 5.13. The predicted octanol–water partition coefficient (Wildman–Crippen LogP) is 3.71. The normalized spacial score (nSPS) is 56.2. The van der Waals surface area contributed by atoms with E-state index in [4.69, 9.17) is 0 Å². The Morgan fingerprint density at radius 1 is 1.08 bits per heavy atom. The highest BCUT2D eigenvalue weighted by atomic mass is 14.7. The van der Waals surface area contributed by atoms with Gasteiger partial charge in [-0.05, 0) is 41.4 Å². The maximum absolute atomic E-state index is 2.52. The molecule has 0 aromatic carbocycles. The van der Waals surface area contributed by atoms with Crippen molar-refractivity contribution in [3.8, 4) is 0 Å². The minimum Gasteiger partial charge on any atom is -0.0625 e. The average Bonchev–Trinajstić information content (AvgIpc) is 2.25. The van der Waals surface area contributed by atoms with Crippen molar-refractivity contribution in [2.45, 2.75) is 47.5 Å². The summed E-state index contributed by atoms with van der Waals surface area (Å²) in [6.07, 6.45) is 2.95. The van der Waals surface area contributed by atoms with Crippen molar-refractivity contribution in [1.29, 1.82) is 0 Å². The summed E-state index contributed by atoms with van der Waals surface area (Å²) in [4.78, 5) is 0. The van der Waals surface area contributed by atoms with Crippen molar-refractivity contribution in [2.75, 3.05) is 0 Å². The van der Waals surface area contributed by atoms with Crippen LogP contribution in [0.15, 0.2) is 0 Å². The van der Waals surface area contributed by atoms with Gasteiger partial charge in [-0.2, -0.15) is 0 Å². The van der Waals surface area contributed by atoms with Crippen LogP contribution in [0.3, 0.4) is 0 Å². The van der Waals surface area contributed by atoms with E-state index in [1.165, 1.54) is 12.8 Å². The van der Waals surface area contributed by atoms with Gasteiger partial charge in [0.05, 0.1) is 0 Å². The zero-order valence-corrected chi connectivity index (χ0v) is 9.15. The summed E-state index contributed by atoms with van der Waals surface area (Å²) in [6, 6.07) is 0. The lowest BCUT2D eigenvalue weighted by molar-refractivity contribution is -0.149. The number of hydrogen-bond acceptors (Lipinski definition) is 0. The average molecular weight is 166 g/mol. The summed E-state index contributed by atoms with van der Waals surface area (Å²) in [5.74, 6) is 2.96. The molecule has 2 saturated carbocycles.